The summed E-state index contributed by atoms with van der Waals surface area (Å²) in [7, 11) is -1.60. The molecule has 1 amide bonds. The van der Waals surface area contributed by atoms with Crippen LogP contribution in [-0.2, 0) is 9.22 Å². The van der Waals surface area contributed by atoms with E-state index >= 15 is 0 Å². The molecule has 0 radical (unpaired) electrons. The Labute approximate surface area is 138 Å². The molecule has 0 saturated carbocycles. The van der Waals surface area contributed by atoms with Crippen molar-refractivity contribution in [2.24, 2.45) is 5.92 Å². The Bertz CT molecular complexity index is 379. The summed E-state index contributed by atoms with van der Waals surface area (Å²) in [4.78, 5) is 11.4. The fourth-order valence-electron chi connectivity index (χ4n) is 1.43. The molecule has 0 spiro atoms. The highest BCUT2D eigenvalue weighted by Crippen LogP contribution is 2.36. The molecular weight excluding hydrogens is 290 g/mol. The summed E-state index contributed by atoms with van der Waals surface area (Å²) in [6, 6.07) is 0. The lowest BCUT2D eigenvalue weighted by atomic mass is 10.2. The average molecular weight is 326 g/mol. The van der Waals surface area contributed by atoms with Gasteiger partial charge in [0.1, 0.15) is 0 Å². The Morgan fingerprint density at radius 2 is 1.86 bits per heavy atom. The molecule has 0 heterocycles. The number of allylic oxidation sites excluding steroid dienone is 3. The van der Waals surface area contributed by atoms with Crippen molar-refractivity contribution in [1.82, 2.24) is 5.32 Å². The predicted molar refractivity (Wildman–Crippen MR) is 98.5 cm³/mol. The number of hydrogen-bond donors (Lipinski definition) is 1. The first-order chi connectivity index (χ1) is 10.1. The first-order valence-electron chi connectivity index (χ1n) is 8.31. The second-order valence-electron chi connectivity index (χ2n) is 7.68. The van der Waals surface area contributed by atoms with E-state index in [4.69, 9.17) is 4.43 Å². The maximum atomic E-state index is 11.4. The van der Waals surface area contributed by atoms with Crippen molar-refractivity contribution in [1.29, 1.82) is 0 Å². The standard InChI is InChI=1S/C18H35NO2Si/c1-16(2)15-19-17(20)13-11-9-8-10-12-14-21-22(6,7)18(3,4)5/h8-9,11,13,16H,10,12,14-15H2,1-7H3,(H,19,20)/b9-8?,13-11+. The Morgan fingerprint density at radius 3 is 2.41 bits per heavy atom. The number of carbonyl (C=O) groups excluding carboxylic acids is 1. The number of nitrogens with one attached hydrogen (secondary N) is 1. The van der Waals surface area contributed by atoms with Crippen molar-refractivity contribution < 1.29 is 9.22 Å². The summed E-state index contributed by atoms with van der Waals surface area (Å²) in [6.45, 7) is 17.0. The van der Waals surface area contributed by atoms with Crippen LogP contribution in [0.3, 0.4) is 0 Å². The van der Waals surface area contributed by atoms with Crippen LogP contribution in [0.4, 0.5) is 0 Å². The van der Waals surface area contributed by atoms with E-state index < -0.39 is 8.32 Å². The molecular formula is C18H35NO2Si. The normalized spacial score (nSPS) is 13.5. The second-order valence-corrected chi connectivity index (χ2v) is 12.5. The van der Waals surface area contributed by atoms with Gasteiger partial charge in [-0.15, -0.1) is 0 Å². The lowest BCUT2D eigenvalue weighted by molar-refractivity contribution is -0.116. The summed E-state index contributed by atoms with van der Waals surface area (Å²) >= 11 is 0. The largest absolute Gasteiger partial charge is 0.417 e. The number of hydrogen-bond acceptors (Lipinski definition) is 2. The molecule has 1 N–H and O–H groups in total. The number of unbranched alkanes of at least 4 members (excludes halogenated alkanes) is 1. The van der Waals surface area contributed by atoms with Gasteiger partial charge >= 0.3 is 0 Å². The molecule has 0 aromatic heterocycles. The van der Waals surface area contributed by atoms with Crippen molar-refractivity contribution in [3.63, 3.8) is 0 Å². The molecule has 0 aromatic rings. The maximum Gasteiger partial charge on any atom is 0.243 e. The zero-order valence-corrected chi connectivity index (χ0v) is 16.5. The highest BCUT2D eigenvalue weighted by atomic mass is 28.4. The van der Waals surface area contributed by atoms with Crippen LogP contribution in [0, 0.1) is 5.92 Å². The predicted octanol–water partition coefficient (Wildman–Crippen LogP) is 4.67. The summed E-state index contributed by atoms with van der Waals surface area (Å²) in [6.07, 6.45) is 9.39. The fourth-order valence-corrected chi connectivity index (χ4v) is 2.51. The summed E-state index contributed by atoms with van der Waals surface area (Å²) in [5.74, 6) is 0.452. The molecule has 0 saturated heterocycles. The van der Waals surface area contributed by atoms with Crippen LogP contribution in [0.5, 0.6) is 0 Å². The topological polar surface area (TPSA) is 38.3 Å². The quantitative estimate of drug-likeness (QED) is 0.289. The molecule has 3 nitrogen and oxygen atoms in total. The first kappa shape index (κ1) is 21.1. The zero-order valence-electron chi connectivity index (χ0n) is 15.5. The van der Waals surface area contributed by atoms with Crippen LogP contribution in [0.1, 0.15) is 47.5 Å². The van der Waals surface area contributed by atoms with Gasteiger partial charge in [-0.25, -0.2) is 0 Å². The monoisotopic (exact) mass is 325 g/mol. The van der Waals surface area contributed by atoms with Gasteiger partial charge in [0.15, 0.2) is 8.32 Å². The Morgan fingerprint density at radius 1 is 1.23 bits per heavy atom. The third-order valence-corrected chi connectivity index (χ3v) is 8.50. The van der Waals surface area contributed by atoms with E-state index in [-0.39, 0.29) is 10.9 Å². The van der Waals surface area contributed by atoms with Gasteiger partial charge in [-0.3, -0.25) is 4.79 Å². The smallest absolute Gasteiger partial charge is 0.243 e. The van der Waals surface area contributed by atoms with Crippen molar-refractivity contribution in [2.45, 2.75) is 65.6 Å². The van der Waals surface area contributed by atoms with Gasteiger partial charge in [0.05, 0.1) is 0 Å². The Hall–Kier alpha value is -0.873. The molecule has 4 heteroatoms. The summed E-state index contributed by atoms with van der Waals surface area (Å²) in [5, 5.41) is 3.12. The number of amides is 1. The lowest BCUT2D eigenvalue weighted by Crippen LogP contribution is -2.40. The highest BCUT2D eigenvalue weighted by Gasteiger charge is 2.36. The highest BCUT2D eigenvalue weighted by molar-refractivity contribution is 6.74. The van der Waals surface area contributed by atoms with Gasteiger partial charge < -0.3 is 9.74 Å². The summed E-state index contributed by atoms with van der Waals surface area (Å²) < 4.78 is 6.12. The maximum absolute atomic E-state index is 11.4. The molecule has 0 aromatic carbocycles. The average Bonchev–Trinajstić information content (AvgIpc) is 2.38. The number of rotatable bonds is 9. The molecule has 22 heavy (non-hydrogen) atoms. The molecule has 0 bridgehead atoms. The van der Waals surface area contributed by atoms with Crippen molar-refractivity contribution in [3.8, 4) is 0 Å². The van der Waals surface area contributed by atoms with Gasteiger partial charge in [0, 0.05) is 19.2 Å². The zero-order chi connectivity index (χ0) is 17.2. The minimum absolute atomic E-state index is 0.0281. The van der Waals surface area contributed by atoms with Gasteiger partial charge in [0.2, 0.25) is 5.91 Å². The number of carbonyl (C=O) groups is 1. The minimum Gasteiger partial charge on any atom is -0.417 e. The van der Waals surface area contributed by atoms with Crippen molar-refractivity contribution in [2.75, 3.05) is 13.2 Å². The molecule has 128 valence electrons. The minimum atomic E-state index is -1.60. The molecule has 0 aliphatic heterocycles. The molecule has 0 unspecified atom stereocenters. The molecule has 0 rings (SSSR count). The van der Waals surface area contributed by atoms with Crippen LogP contribution < -0.4 is 5.32 Å². The van der Waals surface area contributed by atoms with E-state index in [1.54, 1.807) is 12.2 Å². The Balaban J connectivity index is 3.82. The van der Waals surface area contributed by atoms with E-state index in [9.17, 15) is 4.79 Å². The van der Waals surface area contributed by atoms with Crippen LogP contribution in [-0.4, -0.2) is 27.4 Å². The Kier molecular flexibility index (Phi) is 9.61. The second kappa shape index (κ2) is 10.0. The third-order valence-electron chi connectivity index (χ3n) is 3.96. The molecule has 0 aliphatic rings. The van der Waals surface area contributed by atoms with Crippen LogP contribution in [0.2, 0.25) is 18.1 Å². The van der Waals surface area contributed by atoms with E-state index in [0.717, 1.165) is 26.0 Å². The van der Waals surface area contributed by atoms with E-state index in [2.05, 4.69) is 59.1 Å². The first-order valence-corrected chi connectivity index (χ1v) is 11.2. The van der Waals surface area contributed by atoms with Crippen molar-refractivity contribution >= 4 is 14.2 Å². The van der Waals surface area contributed by atoms with Crippen LogP contribution in [0.25, 0.3) is 0 Å². The SMILES string of the molecule is CC(C)CNC(=O)/C=C/C=CCCCO[Si](C)(C)C(C)(C)C. The van der Waals surface area contributed by atoms with E-state index in [0.29, 0.717) is 5.92 Å². The lowest BCUT2D eigenvalue weighted by Gasteiger charge is -2.36. The van der Waals surface area contributed by atoms with Crippen LogP contribution in [0.15, 0.2) is 24.3 Å². The summed E-state index contributed by atoms with van der Waals surface area (Å²) in [5.41, 5.74) is 0. The van der Waals surface area contributed by atoms with Gasteiger partial charge in [-0.05, 0) is 36.9 Å². The van der Waals surface area contributed by atoms with E-state index in [1.807, 2.05) is 6.08 Å². The van der Waals surface area contributed by atoms with Gasteiger partial charge in [-0.2, -0.15) is 0 Å². The van der Waals surface area contributed by atoms with E-state index in [1.165, 1.54) is 0 Å². The third kappa shape index (κ3) is 9.95. The van der Waals surface area contributed by atoms with Crippen molar-refractivity contribution in [3.05, 3.63) is 24.3 Å². The van der Waals surface area contributed by atoms with Gasteiger partial charge in [-0.1, -0.05) is 52.8 Å². The molecule has 0 fully saturated rings. The molecule has 0 atom stereocenters. The van der Waals surface area contributed by atoms with Gasteiger partial charge in [0.25, 0.3) is 0 Å². The van der Waals surface area contributed by atoms with Crippen LogP contribution >= 0.6 is 0 Å². The fraction of sp³-hybridized carbons (Fsp3) is 0.722. The molecule has 0 aliphatic carbocycles.